The number of alkyl halides is 3. The van der Waals surface area contributed by atoms with E-state index in [1.165, 1.54) is 5.56 Å². The molecule has 1 aliphatic rings. The van der Waals surface area contributed by atoms with Crippen LogP contribution in [0.15, 0.2) is 30.3 Å². The van der Waals surface area contributed by atoms with Crippen molar-refractivity contribution in [2.24, 2.45) is 11.7 Å². The summed E-state index contributed by atoms with van der Waals surface area (Å²) in [6, 6.07) is 10.1. The van der Waals surface area contributed by atoms with Crippen LogP contribution in [0.3, 0.4) is 0 Å². The Morgan fingerprint density at radius 2 is 1.86 bits per heavy atom. The molecule has 126 valence electrons. The summed E-state index contributed by atoms with van der Waals surface area (Å²) in [5.41, 5.74) is 7.07. The Kier molecular flexibility index (Phi) is 7.62. The highest BCUT2D eigenvalue weighted by atomic mass is 35.5. The van der Waals surface area contributed by atoms with E-state index in [9.17, 15) is 13.2 Å². The number of halogens is 4. The Labute approximate surface area is 135 Å². The number of hydrogen-bond donors (Lipinski definition) is 1. The van der Waals surface area contributed by atoms with Crippen molar-refractivity contribution in [3.8, 4) is 0 Å². The number of hydrogen-bond acceptors (Lipinski definition) is 3. The van der Waals surface area contributed by atoms with Gasteiger partial charge in [-0.3, -0.25) is 0 Å². The Morgan fingerprint density at radius 1 is 1.18 bits per heavy atom. The molecule has 22 heavy (non-hydrogen) atoms. The second-order valence-corrected chi connectivity index (χ2v) is 5.44. The fourth-order valence-electron chi connectivity index (χ4n) is 2.84. The van der Waals surface area contributed by atoms with Gasteiger partial charge in [0.2, 0.25) is 0 Å². The van der Waals surface area contributed by atoms with E-state index in [-0.39, 0.29) is 19.0 Å². The molecule has 7 heteroatoms. The molecular weight excluding hydrogens is 317 g/mol. The smallest absolute Gasteiger partial charge is 0.371 e. The molecule has 2 rings (SSSR count). The molecule has 2 atom stereocenters. The number of nitrogens with two attached hydrogens (primary N) is 1. The molecule has 0 bridgehead atoms. The molecule has 0 spiro atoms. The van der Waals surface area contributed by atoms with Crippen LogP contribution >= 0.6 is 12.4 Å². The van der Waals surface area contributed by atoms with Gasteiger partial charge >= 0.3 is 6.18 Å². The van der Waals surface area contributed by atoms with Gasteiger partial charge in [0, 0.05) is 25.6 Å². The van der Waals surface area contributed by atoms with E-state index in [1.807, 2.05) is 18.2 Å². The largest absolute Gasteiger partial charge is 0.411 e. The first-order valence-corrected chi connectivity index (χ1v) is 7.11. The second kappa shape index (κ2) is 8.72. The molecule has 1 aromatic rings. The molecule has 2 N–H and O–H groups in total. The predicted octanol–water partition coefficient (Wildman–Crippen LogP) is 2.66. The minimum absolute atomic E-state index is 0. The zero-order chi connectivity index (χ0) is 15.3. The third-order valence-corrected chi connectivity index (χ3v) is 3.86. The van der Waals surface area contributed by atoms with Gasteiger partial charge in [0.05, 0.1) is 6.61 Å². The molecular formula is C15H22ClF3N2O. The summed E-state index contributed by atoms with van der Waals surface area (Å²) in [4.78, 5) is 2.13. The van der Waals surface area contributed by atoms with Crippen LogP contribution in [0.2, 0.25) is 0 Å². The highest BCUT2D eigenvalue weighted by Crippen LogP contribution is 2.31. The van der Waals surface area contributed by atoms with Crippen molar-refractivity contribution in [2.75, 3.05) is 39.4 Å². The van der Waals surface area contributed by atoms with Gasteiger partial charge < -0.3 is 15.4 Å². The van der Waals surface area contributed by atoms with Crippen LogP contribution in [0.1, 0.15) is 11.5 Å². The van der Waals surface area contributed by atoms with Crippen molar-refractivity contribution in [3.63, 3.8) is 0 Å². The van der Waals surface area contributed by atoms with E-state index < -0.39 is 12.8 Å². The second-order valence-electron chi connectivity index (χ2n) is 5.44. The van der Waals surface area contributed by atoms with Gasteiger partial charge in [-0.2, -0.15) is 13.2 Å². The van der Waals surface area contributed by atoms with Crippen molar-refractivity contribution < 1.29 is 17.9 Å². The number of likely N-dealkylation sites (tertiary alicyclic amines) is 1. The van der Waals surface area contributed by atoms with Gasteiger partial charge in [-0.05, 0) is 18.0 Å². The lowest BCUT2D eigenvalue weighted by Crippen LogP contribution is -2.28. The van der Waals surface area contributed by atoms with E-state index in [2.05, 4.69) is 21.8 Å². The fourth-order valence-corrected chi connectivity index (χ4v) is 2.84. The minimum Gasteiger partial charge on any atom is -0.371 e. The normalized spacial score (nSPS) is 22.5. The lowest BCUT2D eigenvalue weighted by molar-refractivity contribution is -0.174. The van der Waals surface area contributed by atoms with E-state index in [4.69, 9.17) is 5.73 Å². The number of rotatable bonds is 6. The lowest BCUT2D eigenvalue weighted by atomic mass is 9.89. The van der Waals surface area contributed by atoms with E-state index in [0.29, 0.717) is 24.9 Å². The maximum atomic E-state index is 12.0. The average molecular weight is 339 g/mol. The van der Waals surface area contributed by atoms with Crippen LogP contribution in [-0.2, 0) is 4.74 Å². The first-order chi connectivity index (χ1) is 9.99. The molecule has 0 aliphatic carbocycles. The summed E-state index contributed by atoms with van der Waals surface area (Å²) in [6.07, 6.45) is -4.25. The molecule has 1 saturated heterocycles. The van der Waals surface area contributed by atoms with Crippen LogP contribution in [0.5, 0.6) is 0 Å². The third-order valence-electron chi connectivity index (χ3n) is 3.86. The highest BCUT2D eigenvalue weighted by molar-refractivity contribution is 5.85. The van der Waals surface area contributed by atoms with Crippen molar-refractivity contribution >= 4 is 12.4 Å². The number of nitrogens with zero attached hydrogens (tertiary/aromatic N) is 1. The summed E-state index contributed by atoms with van der Waals surface area (Å²) >= 11 is 0. The molecule has 3 nitrogen and oxygen atoms in total. The van der Waals surface area contributed by atoms with Gasteiger partial charge in [-0.15, -0.1) is 12.4 Å². The van der Waals surface area contributed by atoms with Gasteiger partial charge in [0.25, 0.3) is 0 Å². The number of ether oxygens (including phenoxy) is 1. The Bertz CT molecular complexity index is 431. The maximum absolute atomic E-state index is 12.0. The first kappa shape index (κ1) is 19.2. The Morgan fingerprint density at radius 3 is 2.45 bits per heavy atom. The van der Waals surface area contributed by atoms with Gasteiger partial charge in [-0.25, -0.2) is 0 Å². The van der Waals surface area contributed by atoms with Gasteiger partial charge in [0.1, 0.15) is 6.61 Å². The molecule has 0 amide bonds. The van der Waals surface area contributed by atoms with Crippen LogP contribution < -0.4 is 5.73 Å². The number of benzene rings is 1. The summed E-state index contributed by atoms with van der Waals surface area (Å²) in [6.45, 7) is 1.64. The van der Waals surface area contributed by atoms with Crippen molar-refractivity contribution in [1.29, 1.82) is 0 Å². The summed E-state index contributed by atoms with van der Waals surface area (Å²) < 4.78 is 40.7. The van der Waals surface area contributed by atoms with Crippen LogP contribution in [-0.4, -0.2) is 50.5 Å². The zero-order valence-electron chi connectivity index (χ0n) is 12.3. The molecule has 0 saturated carbocycles. The quantitative estimate of drug-likeness (QED) is 0.810. The molecule has 1 heterocycles. The first-order valence-electron chi connectivity index (χ1n) is 7.11. The van der Waals surface area contributed by atoms with Crippen LogP contribution in [0.4, 0.5) is 13.2 Å². The zero-order valence-corrected chi connectivity index (χ0v) is 13.1. The summed E-state index contributed by atoms with van der Waals surface area (Å²) in [5.74, 6) is 0.689. The molecule has 1 aromatic carbocycles. The molecule has 1 aliphatic heterocycles. The van der Waals surface area contributed by atoms with Crippen LogP contribution in [0.25, 0.3) is 0 Å². The van der Waals surface area contributed by atoms with E-state index in [0.717, 1.165) is 13.1 Å². The van der Waals surface area contributed by atoms with Gasteiger partial charge in [-0.1, -0.05) is 30.3 Å². The predicted molar refractivity (Wildman–Crippen MR) is 82.3 cm³/mol. The van der Waals surface area contributed by atoms with Crippen molar-refractivity contribution in [1.82, 2.24) is 4.90 Å². The Balaban J connectivity index is 0.00000242. The van der Waals surface area contributed by atoms with Crippen LogP contribution in [0, 0.1) is 5.92 Å². The van der Waals surface area contributed by atoms with Crippen molar-refractivity contribution in [3.05, 3.63) is 35.9 Å². The third kappa shape index (κ3) is 5.76. The maximum Gasteiger partial charge on any atom is 0.411 e. The summed E-state index contributed by atoms with van der Waals surface area (Å²) in [5, 5.41) is 0. The Hall–Kier alpha value is -0.820. The molecule has 0 unspecified atom stereocenters. The SMILES string of the molecule is Cl.NC[C@@H]1CN(CCOCC(F)(F)F)C[C@H]1c1ccccc1. The highest BCUT2D eigenvalue weighted by Gasteiger charge is 2.33. The topological polar surface area (TPSA) is 38.5 Å². The molecule has 0 aromatic heterocycles. The molecule has 1 fully saturated rings. The van der Waals surface area contributed by atoms with Crippen molar-refractivity contribution in [2.45, 2.75) is 12.1 Å². The molecule has 0 radical (unpaired) electrons. The van der Waals surface area contributed by atoms with Gasteiger partial charge in [0.15, 0.2) is 0 Å². The lowest BCUT2D eigenvalue weighted by Gasteiger charge is -2.17. The minimum atomic E-state index is -4.25. The summed E-state index contributed by atoms with van der Waals surface area (Å²) in [7, 11) is 0. The standard InChI is InChI=1S/C15H21F3N2O.ClH/c16-15(17,18)11-21-7-6-20-9-13(8-19)14(10-20)12-4-2-1-3-5-12;/h1-5,13-14H,6-11,19H2;1H/t13-,14+;/m1./s1. The van der Waals surface area contributed by atoms with E-state index in [1.54, 1.807) is 0 Å². The fraction of sp³-hybridized carbons (Fsp3) is 0.600. The van der Waals surface area contributed by atoms with E-state index >= 15 is 0 Å². The average Bonchev–Trinajstić information content (AvgIpc) is 2.87. The monoisotopic (exact) mass is 338 g/mol.